The fourth-order valence-corrected chi connectivity index (χ4v) is 5.26. The lowest BCUT2D eigenvalue weighted by molar-refractivity contribution is 0.295. The number of allylic oxidation sites excluding steroid dienone is 2. The van der Waals surface area contributed by atoms with Crippen molar-refractivity contribution in [3.8, 4) is 0 Å². The minimum atomic E-state index is -0.275. The zero-order chi connectivity index (χ0) is 31.3. The maximum absolute atomic E-state index is 13.1. The predicted molar refractivity (Wildman–Crippen MR) is 184 cm³/mol. The Balaban J connectivity index is 0.000000310. The van der Waals surface area contributed by atoms with Gasteiger partial charge < -0.3 is 4.52 Å². The van der Waals surface area contributed by atoms with E-state index in [-0.39, 0.29) is 5.82 Å². The maximum atomic E-state index is 13.1. The fraction of sp³-hybridized carbons (Fsp3) is 0.564. The highest BCUT2D eigenvalue weighted by molar-refractivity contribution is 5.79. The van der Waals surface area contributed by atoms with Gasteiger partial charge in [-0.2, -0.15) is 0 Å². The van der Waals surface area contributed by atoms with E-state index >= 15 is 0 Å². The molecule has 2 aromatic carbocycles. The van der Waals surface area contributed by atoms with Crippen LogP contribution in [0.3, 0.4) is 0 Å². The molecule has 0 amide bonds. The van der Waals surface area contributed by atoms with Crippen molar-refractivity contribution in [2.24, 2.45) is 11.8 Å². The molecule has 0 unspecified atom stereocenters. The van der Waals surface area contributed by atoms with E-state index in [2.05, 4.69) is 90.5 Å². The van der Waals surface area contributed by atoms with Crippen LogP contribution in [0.4, 0.5) is 4.39 Å². The average Bonchev–Trinajstić information content (AvgIpc) is 3.81. The maximum Gasteiger partial charge on any atom is 0.170 e. The van der Waals surface area contributed by atoms with Crippen molar-refractivity contribution >= 4 is 17.0 Å². The van der Waals surface area contributed by atoms with Crippen molar-refractivity contribution < 1.29 is 8.91 Å². The van der Waals surface area contributed by atoms with E-state index in [4.69, 9.17) is 4.52 Å². The summed E-state index contributed by atoms with van der Waals surface area (Å²) in [5, 5.41) is 5.09. The second kappa shape index (κ2) is 21.9. The Morgan fingerprint density at radius 2 is 1.45 bits per heavy atom. The van der Waals surface area contributed by atoms with Crippen molar-refractivity contribution in [2.75, 3.05) is 0 Å². The van der Waals surface area contributed by atoms with Gasteiger partial charge in [0.2, 0.25) is 0 Å². The van der Waals surface area contributed by atoms with Crippen LogP contribution in [0.5, 0.6) is 0 Å². The molecule has 1 aromatic heterocycles. The smallest absolute Gasteiger partial charge is 0.170 e. The highest BCUT2D eigenvalue weighted by atomic mass is 19.1. The molecule has 3 aromatic rings. The number of aryl methyl sites for hydroxylation is 1. The van der Waals surface area contributed by atoms with Gasteiger partial charge in [-0.25, -0.2) is 4.39 Å². The number of fused-ring (bicyclic) bond motifs is 1. The standard InChI is InChI=1S/C14H18FNO.C12H14.C10H22.C3H6/c1-3-5-10(6-4-2)14-12-8-7-11(15)9-13(12)17-16-14;1-10(2)7-8-12-6-4-5-11(3)9-12;1-5-9(6-2)10(7-3)8-4;1-2-3-1/h7-10H,3-6H2,1-2H3;4-9H,1H2,2-3H3;9-10H,5-8H2,1-4H3;1-3H2/b;8-7+;;. The molecule has 1 saturated carbocycles. The molecule has 234 valence electrons. The van der Waals surface area contributed by atoms with Gasteiger partial charge in [-0.3, -0.25) is 0 Å². The largest absolute Gasteiger partial charge is 0.356 e. The lowest BCUT2D eigenvalue weighted by Crippen LogP contribution is -2.11. The van der Waals surface area contributed by atoms with Crippen molar-refractivity contribution in [1.82, 2.24) is 5.16 Å². The van der Waals surface area contributed by atoms with Crippen LogP contribution in [-0.2, 0) is 0 Å². The molecule has 0 N–H and O–H groups in total. The third-order valence-corrected chi connectivity index (χ3v) is 7.84. The minimum absolute atomic E-state index is 0.275. The number of aromatic nitrogens is 1. The molecule has 0 atom stereocenters. The second-order valence-electron chi connectivity index (χ2n) is 11.8. The number of hydrogen-bond donors (Lipinski definition) is 0. The quantitative estimate of drug-likeness (QED) is 0.200. The molecule has 0 saturated heterocycles. The van der Waals surface area contributed by atoms with Gasteiger partial charge >= 0.3 is 0 Å². The molecule has 0 spiro atoms. The SMILES string of the molecule is C1CC1.C=C(C)/C=C/c1cccc(C)c1.CCC(CC)C(CC)CC.CCCC(CCC)c1noc2cc(F)ccc12. The zero-order valence-corrected chi connectivity index (χ0v) is 28.1. The van der Waals surface area contributed by atoms with Gasteiger partial charge in [0.1, 0.15) is 5.82 Å². The molecule has 1 aliphatic carbocycles. The Bertz CT molecular complexity index is 1130. The van der Waals surface area contributed by atoms with E-state index < -0.39 is 0 Å². The second-order valence-corrected chi connectivity index (χ2v) is 11.8. The van der Waals surface area contributed by atoms with Crippen LogP contribution < -0.4 is 0 Å². The Morgan fingerprint density at radius 3 is 1.90 bits per heavy atom. The molecule has 3 heteroatoms. The topological polar surface area (TPSA) is 26.0 Å². The molecule has 4 rings (SSSR count). The molecular weight excluding hydrogens is 517 g/mol. The highest BCUT2D eigenvalue weighted by Gasteiger charge is 2.18. The van der Waals surface area contributed by atoms with Gasteiger partial charge in [0.15, 0.2) is 5.58 Å². The molecule has 1 aliphatic rings. The summed E-state index contributed by atoms with van der Waals surface area (Å²) in [4.78, 5) is 0. The first-order valence-electron chi connectivity index (χ1n) is 16.7. The molecule has 0 radical (unpaired) electrons. The summed E-state index contributed by atoms with van der Waals surface area (Å²) in [7, 11) is 0. The number of hydrogen-bond acceptors (Lipinski definition) is 2. The van der Waals surface area contributed by atoms with Gasteiger partial charge in [0.25, 0.3) is 0 Å². The number of benzene rings is 2. The highest BCUT2D eigenvalue weighted by Crippen LogP contribution is 2.31. The average molecular weight is 578 g/mol. The molecule has 1 heterocycles. The number of rotatable bonds is 12. The third kappa shape index (κ3) is 15.0. The van der Waals surface area contributed by atoms with Crippen LogP contribution in [0, 0.1) is 24.6 Å². The summed E-state index contributed by atoms with van der Waals surface area (Å²) < 4.78 is 18.3. The molecule has 0 bridgehead atoms. The van der Waals surface area contributed by atoms with Crippen LogP contribution in [0.1, 0.15) is 142 Å². The molecule has 42 heavy (non-hydrogen) atoms. The van der Waals surface area contributed by atoms with E-state index in [1.165, 1.54) is 68.2 Å². The van der Waals surface area contributed by atoms with Crippen LogP contribution in [0.2, 0.25) is 0 Å². The lowest BCUT2D eigenvalue weighted by atomic mass is 9.84. The van der Waals surface area contributed by atoms with E-state index in [9.17, 15) is 4.39 Å². The lowest BCUT2D eigenvalue weighted by Gasteiger charge is -2.22. The zero-order valence-electron chi connectivity index (χ0n) is 28.1. The van der Waals surface area contributed by atoms with E-state index in [1.54, 1.807) is 6.07 Å². The summed E-state index contributed by atoms with van der Waals surface area (Å²) in [6.45, 7) is 21.5. The van der Waals surface area contributed by atoms with E-state index in [0.717, 1.165) is 54.2 Å². The first-order valence-corrected chi connectivity index (χ1v) is 16.7. The van der Waals surface area contributed by atoms with Gasteiger partial charge in [-0.15, -0.1) is 0 Å². The summed E-state index contributed by atoms with van der Waals surface area (Å²) in [6, 6.07) is 13.0. The minimum Gasteiger partial charge on any atom is -0.356 e. The third-order valence-electron chi connectivity index (χ3n) is 7.84. The van der Waals surface area contributed by atoms with Crippen molar-refractivity contribution in [2.45, 2.75) is 132 Å². The van der Waals surface area contributed by atoms with Crippen molar-refractivity contribution in [3.63, 3.8) is 0 Å². The Kier molecular flexibility index (Phi) is 19.5. The Labute approximate surface area is 257 Å². The number of halogens is 1. The Morgan fingerprint density at radius 1 is 0.881 bits per heavy atom. The monoisotopic (exact) mass is 577 g/mol. The predicted octanol–water partition coefficient (Wildman–Crippen LogP) is 13.3. The first-order chi connectivity index (χ1) is 20.2. The van der Waals surface area contributed by atoms with Gasteiger partial charge in [-0.05, 0) is 56.2 Å². The Hall–Kier alpha value is -2.68. The van der Waals surface area contributed by atoms with Crippen LogP contribution in [0.15, 0.2) is 65.2 Å². The first kappa shape index (κ1) is 37.3. The van der Waals surface area contributed by atoms with Crippen LogP contribution in [0.25, 0.3) is 17.0 Å². The van der Waals surface area contributed by atoms with Crippen LogP contribution in [-0.4, -0.2) is 5.16 Å². The van der Waals surface area contributed by atoms with Crippen molar-refractivity contribution in [1.29, 1.82) is 0 Å². The molecular formula is C39H60FNO. The fourth-order valence-electron chi connectivity index (χ4n) is 5.26. The summed E-state index contributed by atoms with van der Waals surface area (Å²) in [5.41, 5.74) is 5.15. The number of nitrogens with zero attached hydrogens (tertiary/aromatic N) is 1. The molecule has 0 aliphatic heterocycles. The van der Waals surface area contributed by atoms with E-state index in [1.807, 2.05) is 13.0 Å². The van der Waals surface area contributed by atoms with Gasteiger partial charge in [0.05, 0.1) is 5.69 Å². The molecule has 1 fully saturated rings. The van der Waals surface area contributed by atoms with Crippen molar-refractivity contribution in [3.05, 3.63) is 83.3 Å². The van der Waals surface area contributed by atoms with Crippen LogP contribution >= 0.6 is 0 Å². The summed E-state index contributed by atoms with van der Waals surface area (Å²) in [5.74, 6) is 2.12. The summed E-state index contributed by atoms with van der Waals surface area (Å²) in [6.07, 6.45) is 18.5. The van der Waals surface area contributed by atoms with Gasteiger partial charge in [0, 0.05) is 17.4 Å². The summed E-state index contributed by atoms with van der Waals surface area (Å²) >= 11 is 0. The normalized spacial score (nSPS) is 12.1. The molecule has 2 nitrogen and oxygen atoms in total. The van der Waals surface area contributed by atoms with Gasteiger partial charge in [-0.1, -0.05) is 159 Å². The van der Waals surface area contributed by atoms with E-state index in [0.29, 0.717) is 11.5 Å².